The third-order valence-corrected chi connectivity index (χ3v) is 5.70. The molecule has 0 amide bonds. The van der Waals surface area contributed by atoms with Crippen molar-refractivity contribution in [2.45, 2.75) is 55.4 Å². The van der Waals surface area contributed by atoms with Gasteiger partial charge >= 0.3 is 0 Å². The Morgan fingerprint density at radius 2 is 1.51 bits per heavy atom. The Balaban J connectivity index is 0.000000299. The summed E-state index contributed by atoms with van der Waals surface area (Å²) in [5.41, 5.74) is 1.45. The van der Waals surface area contributed by atoms with Crippen LogP contribution in [0.1, 0.15) is 52.7 Å². The van der Waals surface area contributed by atoms with Gasteiger partial charge in [-0.05, 0) is 34.4 Å². The minimum Gasteiger partial charge on any atom is -0.512 e. The Morgan fingerprint density at radius 1 is 0.892 bits per heavy atom. The van der Waals surface area contributed by atoms with Crippen LogP contribution in [0.25, 0.3) is 21.5 Å². The van der Waals surface area contributed by atoms with Crippen LogP contribution in [0.3, 0.4) is 0 Å². The fraction of sp³-hybridized carbons (Fsp3) is 0.312. The summed E-state index contributed by atoms with van der Waals surface area (Å²) in [6, 6.07) is 21.9. The quantitative estimate of drug-likeness (QED) is 0.102. The third-order valence-electron chi connectivity index (χ3n) is 5.70. The summed E-state index contributed by atoms with van der Waals surface area (Å²) in [5.74, 6) is 1.43. The van der Waals surface area contributed by atoms with E-state index in [4.69, 9.17) is 4.74 Å². The van der Waals surface area contributed by atoms with E-state index in [1.807, 2.05) is 66.7 Å². The van der Waals surface area contributed by atoms with Crippen molar-refractivity contribution in [1.82, 2.24) is 4.98 Å². The van der Waals surface area contributed by atoms with Gasteiger partial charge in [-0.1, -0.05) is 79.7 Å². The van der Waals surface area contributed by atoms with Gasteiger partial charge in [0, 0.05) is 54.3 Å². The van der Waals surface area contributed by atoms with Crippen molar-refractivity contribution in [3.05, 3.63) is 89.8 Å². The van der Waals surface area contributed by atoms with Gasteiger partial charge in [0.05, 0.1) is 0 Å². The molecule has 37 heavy (non-hydrogen) atoms. The van der Waals surface area contributed by atoms with Crippen LogP contribution in [-0.2, 0) is 24.9 Å². The van der Waals surface area contributed by atoms with E-state index in [0.29, 0.717) is 11.6 Å². The van der Waals surface area contributed by atoms with Crippen molar-refractivity contribution in [1.29, 1.82) is 0 Å². The summed E-state index contributed by atoms with van der Waals surface area (Å²) in [7, 11) is 0. The molecule has 1 heterocycles. The smallest absolute Gasteiger partial charge is 0.224 e. The average Bonchev–Trinajstić information content (AvgIpc) is 2.76. The number of aliphatic hydroxyl groups is 1. The average molecular weight is 675 g/mol. The number of aromatic nitrogens is 1. The van der Waals surface area contributed by atoms with Crippen molar-refractivity contribution in [3.63, 3.8) is 0 Å². The molecule has 0 aliphatic carbocycles. The second-order valence-electron chi connectivity index (χ2n) is 11.2. The van der Waals surface area contributed by atoms with Crippen LogP contribution in [0.15, 0.2) is 72.6 Å². The zero-order valence-corrected chi connectivity index (χ0v) is 25.3. The summed E-state index contributed by atoms with van der Waals surface area (Å²) in [4.78, 5) is 15.9. The monoisotopic (exact) mass is 675 g/mol. The van der Waals surface area contributed by atoms with Gasteiger partial charge in [-0.3, -0.25) is 4.79 Å². The Bertz CT molecular complexity index is 1410. The molecule has 1 N–H and O–H groups in total. The maximum absolute atomic E-state index is 11.5. The topological polar surface area (TPSA) is 59.4 Å². The first-order chi connectivity index (χ1) is 16.7. The van der Waals surface area contributed by atoms with Crippen LogP contribution >= 0.6 is 0 Å². The molecule has 0 unspecified atom stereocenters. The molecule has 0 spiro atoms. The van der Waals surface area contributed by atoms with Crippen LogP contribution in [0.2, 0.25) is 0 Å². The normalized spacial score (nSPS) is 11.9. The van der Waals surface area contributed by atoms with Crippen molar-refractivity contribution in [2.75, 3.05) is 0 Å². The third kappa shape index (κ3) is 8.24. The number of hydrogen-bond donors (Lipinski definition) is 1. The fourth-order valence-corrected chi connectivity index (χ4v) is 3.49. The number of allylic oxidation sites excluding steroid dienone is 2. The van der Waals surface area contributed by atoms with Crippen molar-refractivity contribution >= 4 is 27.3 Å². The van der Waals surface area contributed by atoms with E-state index in [9.17, 15) is 9.90 Å². The number of aliphatic hydroxyl groups excluding tert-OH is 1. The predicted molar refractivity (Wildman–Crippen MR) is 149 cm³/mol. The second kappa shape index (κ2) is 12.0. The number of nitrogens with zero attached hydrogens (tertiary/aromatic N) is 1. The standard InChI is InChI=1S/C21H16NO.C11H20O2.Ir/c1-14-9-15(2)11-19(10-14)23-21-20-13-17-6-4-3-5-16(17)12-18(20)7-8-22-21;1-10(2,3)8(12)7-9(13)11(4,5)6;/h3-10,12-13H,1-2H3;7,12H,1-6H3;/q-1;;/b;8-7-;. The van der Waals surface area contributed by atoms with E-state index < -0.39 is 5.41 Å². The van der Waals surface area contributed by atoms with Crippen molar-refractivity contribution in [2.24, 2.45) is 10.8 Å². The van der Waals surface area contributed by atoms with Gasteiger partial charge in [-0.15, -0.1) is 12.1 Å². The molecule has 0 fully saturated rings. The molecule has 4 rings (SSSR count). The number of ketones is 1. The summed E-state index contributed by atoms with van der Waals surface area (Å²) in [6.07, 6.45) is 3.12. The van der Waals surface area contributed by atoms with E-state index in [-0.39, 0.29) is 37.1 Å². The number of rotatable bonds is 3. The molecule has 3 aromatic carbocycles. The maximum Gasteiger partial charge on any atom is 0.224 e. The Labute approximate surface area is 234 Å². The summed E-state index contributed by atoms with van der Waals surface area (Å²) in [6.45, 7) is 15.2. The van der Waals surface area contributed by atoms with E-state index in [0.717, 1.165) is 21.9 Å². The molecule has 197 valence electrons. The zero-order valence-electron chi connectivity index (χ0n) is 22.9. The van der Waals surface area contributed by atoms with Gasteiger partial charge in [0.15, 0.2) is 5.78 Å². The zero-order chi connectivity index (χ0) is 26.7. The second-order valence-corrected chi connectivity index (χ2v) is 11.2. The number of hydrogen-bond acceptors (Lipinski definition) is 4. The number of carbonyl (C=O) groups excluding carboxylic acids is 1. The number of fused-ring (bicyclic) bond motifs is 2. The number of aryl methyl sites for hydroxylation is 2. The van der Waals surface area contributed by atoms with E-state index in [1.165, 1.54) is 16.8 Å². The van der Waals surface area contributed by atoms with Gasteiger partial charge in [0.25, 0.3) is 0 Å². The van der Waals surface area contributed by atoms with E-state index in [1.54, 1.807) is 6.20 Å². The molecular formula is C32H36IrNO3-. The van der Waals surface area contributed by atoms with Crippen LogP contribution in [-0.4, -0.2) is 15.9 Å². The molecule has 0 saturated heterocycles. The van der Waals surface area contributed by atoms with Gasteiger partial charge in [0.1, 0.15) is 5.76 Å². The summed E-state index contributed by atoms with van der Waals surface area (Å²) in [5, 5.41) is 14.1. The molecule has 0 bridgehead atoms. The van der Waals surface area contributed by atoms with Gasteiger partial charge in [-0.2, -0.15) is 17.2 Å². The van der Waals surface area contributed by atoms with Crippen LogP contribution in [0.5, 0.6) is 11.6 Å². The van der Waals surface area contributed by atoms with Gasteiger partial charge < -0.3 is 9.84 Å². The first-order valence-corrected chi connectivity index (χ1v) is 12.2. The van der Waals surface area contributed by atoms with Gasteiger partial charge in [0.2, 0.25) is 5.88 Å². The van der Waals surface area contributed by atoms with Crippen molar-refractivity contribution < 1.29 is 34.7 Å². The van der Waals surface area contributed by atoms with E-state index in [2.05, 4.69) is 54.4 Å². The predicted octanol–water partition coefficient (Wildman–Crippen LogP) is 8.68. The first-order valence-electron chi connectivity index (χ1n) is 12.2. The molecule has 1 aromatic heterocycles. The van der Waals surface area contributed by atoms with Gasteiger partial charge in [-0.25, -0.2) is 4.98 Å². The molecular weight excluding hydrogens is 639 g/mol. The number of ether oxygens (including phenoxy) is 1. The minimum atomic E-state index is -0.417. The van der Waals surface area contributed by atoms with Crippen molar-refractivity contribution in [3.8, 4) is 11.6 Å². The Hall–Kier alpha value is -3.01. The molecule has 0 aliphatic rings. The molecule has 0 saturated carbocycles. The van der Waals surface area contributed by atoms with E-state index >= 15 is 0 Å². The minimum absolute atomic E-state index is 0. The fourth-order valence-electron chi connectivity index (χ4n) is 3.49. The Kier molecular flexibility index (Phi) is 9.82. The molecule has 5 heteroatoms. The number of carbonyl (C=O) groups is 1. The SMILES string of the molecule is CC(C)(C)C(=O)/C=C(\O)C(C)(C)C.Cc1[c-]c(Oc2nccc3cc4ccccc4cc23)cc(C)c1.[Ir]. The first kappa shape index (κ1) is 30.2. The Morgan fingerprint density at radius 3 is 2.08 bits per heavy atom. The summed E-state index contributed by atoms with van der Waals surface area (Å²) < 4.78 is 6.04. The largest absolute Gasteiger partial charge is 0.512 e. The number of benzene rings is 3. The molecule has 1 radical (unpaired) electrons. The molecule has 4 aromatic rings. The molecule has 0 aliphatic heterocycles. The van der Waals surface area contributed by atoms with Crippen LogP contribution in [0, 0.1) is 30.7 Å². The van der Waals surface area contributed by atoms with Crippen LogP contribution in [0.4, 0.5) is 0 Å². The van der Waals surface area contributed by atoms with Crippen LogP contribution < -0.4 is 4.74 Å². The maximum atomic E-state index is 11.5. The molecule has 4 nitrogen and oxygen atoms in total. The number of pyridine rings is 1. The molecule has 0 atom stereocenters. The summed E-state index contributed by atoms with van der Waals surface area (Å²) >= 11 is 0.